The van der Waals surface area contributed by atoms with Gasteiger partial charge in [-0.25, -0.2) is 0 Å². The SMILES string of the molecule is CCNCC#Cc1cc(C)c(C)cc1C. The summed E-state index contributed by atoms with van der Waals surface area (Å²) in [5.74, 6) is 6.33. The summed E-state index contributed by atoms with van der Waals surface area (Å²) in [7, 11) is 0. The predicted octanol–water partition coefficient (Wildman–Crippen LogP) is 2.57. The molecule has 0 fully saturated rings. The first-order valence-electron chi connectivity index (χ1n) is 5.42. The number of aryl methyl sites for hydroxylation is 3. The van der Waals surface area contributed by atoms with Crippen molar-refractivity contribution in [2.24, 2.45) is 0 Å². The van der Waals surface area contributed by atoms with Crippen molar-refractivity contribution in [3.8, 4) is 11.8 Å². The molecule has 1 aromatic rings. The molecule has 1 N–H and O–H groups in total. The second-order valence-corrected chi connectivity index (χ2v) is 3.83. The zero-order valence-electron chi connectivity index (χ0n) is 10.1. The molecule has 0 radical (unpaired) electrons. The standard InChI is InChI=1S/C14H19N/c1-5-15-8-6-7-14-10-12(3)11(2)9-13(14)4/h9-10,15H,5,8H2,1-4H3. The second kappa shape index (κ2) is 5.58. The molecule has 0 saturated heterocycles. The Morgan fingerprint density at radius 1 is 1.07 bits per heavy atom. The fourth-order valence-corrected chi connectivity index (χ4v) is 1.42. The van der Waals surface area contributed by atoms with Gasteiger partial charge in [-0.1, -0.05) is 24.8 Å². The lowest BCUT2D eigenvalue weighted by Crippen LogP contribution is -2.11. The number of hydrogen-bond acceptors (Lipinski definition) is 1. The number of benzene rings is 1. The molecule has 0 aromatic heterocycles. The fraction of sp³-hybridized carbons (Fsp3) is 0.429. The Balaban J connectivity index is 2.84. The number of nitrogens with one attached hydrogen (secondary N) is 1. The molecule has 0 spiro atoms. The summed E-state index contributed by atoms with van der Waals surface area (Å²) in [5, 5.41) is 3.19. The zero-order chi connectivity index (χ0) is 11.3. The van der Waals surface area contributed by atoms with Crippen LogP contribution in [0.1, 0.15) is 29.2 Å². The monoisotopic (exact) mass is 201 g/mol. The van der Waals surface area contributed by atoms with Crippen molar-refractivity contribution < 1.29 is 0 Å². The summed E-state index contributed by atoms with van der Waals surface area (Å²) >= 11 is 0. The van der Waals surface area contributed by atoms with Crippen molar-refractivity contribution in [2.45, 2.75) is 27.7 Å². The lowest BCUT2D eigenvalue weighted by atomic mass is 10.0. The topological polar surface area (TPSA) is 12.0 Å². The Morgan fingerprint density at radius 3 is 2.40 bits per heavy atom. The van der Waals surface area contributed by atoms with Gasteiger partial charge in [-0.05, 0) is 50.1 Å². The highest BCUT2D eigenvalue weighted by Gasteiger charge is 1.98. The van der Waals surface area contributed by atoms with Crippen LogP contribution in [0, 0.1) is 32.6 Å². The van der Waals surface area contributed by atoms with E-state index in [2.05, 4.69) is 57.0 Å². The summed E-state index contributed by atoms with van der Waals surface area (Å²) in [5.41, 5.74) is 5.07. The van der Waals surface area contributed by atoms with Crippen molar-refractivity contribution in [1.82, 2.24) is 5.32 Å². The second-order valence-electron chi connectivity index (χ2n) is 3.83. The molecule has 1 nitrogen and oxygen atoms in total. The van der Waals surface area contributed by atoms with Gasteiger partial charge in [0.2, 0.25) is 0 Å². The van der Waals surface area contributed by atoms with E-state index in [1.54, 1.807) is 0 Å². The molecule has 0 heterocycles. The largest absolute Gasteiger partial charge is 0.306 e. The van der Waals surface area contributed by atoms with E-state index in [1.165, 1.54) is 16.7 Å². The van der Waals surface area contributed by atoms with Crippen LogP contribution in [0.4, 0.5) is 0 Å². The molecule has 1 aromatic carbocycles. The van der Waals surface area contributed by atoms with E-state index in [-0.39, 0.29) is 0 Å². The molecular weight excluding hydrogens is 182 g/mol. The van der Waals surface area contributed by atoms with E-state index in [0.29, 0.717) is 0 Å². The molecule has 80 valence electrons. The van der Waals surface area contributed by atoms with Gasteiger partial charge in [-0.15, -0.1) is 0 Å². The van der Waals surface area contributed by atoms with Crippen LogP contribution < -0.4 is 5.32 Å². The van der Waals surface area contributed by atoms with Crippen molar-refractivity contribution in [2.75, 3.05) is 13.1 Å². The highest BCUT2D eigenvalue weighted by atomic mass is 14.8. The summed E-state index contributed by atoms with van der Waals surface area (Å²) in [4.78, 5) is 0. The molecular formula is C14H19N. The van der Waals surface area contributed by atoms with E-state index in [4.69, 9.17) is 0 Å². The molecule has 1 heteroatoms. The maximum Gasteiger partial charge on any atom is 0.0580 e. The smallest absolute Gasteiger partial charge is 0.0580 e. The molecule has 0 bridgehead atoms. The molecule has 1 rings (SSSR count). The quantitative estimate of drug-likeness (QED) is 0.573. The van der Waals surface area contributed by atoms with Gasteiger partial charge < -0.3 is 5.32 Å². The van der Waals surface area contributed by atoms with E-state index in [9.17, 15) is 0 Å². The van der Waals surface area contributed by atoms with Crippen molar-refractivity contribution in [1.29, 1.82) is 0 Å². The van der Waals surface area contributed by atoms with Crippen molar-refractivity contribution in [3.63, 3.8) is 0 Å². The third-order valence-electron chi connectivity index (χ3n) is 2.53. The molecule has 0 aliphatic rings. The Morgan fingerprint density at radius 2 is 1.73 bits per heavy atom. The maximum atomic E-state index is 3.20. The van der Waals surface area contributed by atoms with Gasteiger partial charge in [0.25, 0.3) is 0 Å². The summed E-state index contributed by atoms with van der Waals surface area (Å²) in [6.07, 6.45) is 0. The molecule has 0 amide bonds. The molecule has 0 saturated carbocycles. The Kier molecular flexibility index (Phi) is 4.39. The Hall–Kier alpha value is -1.26. The van der Waals surface area contributed by atoms with Gasteiger partial charge in [0.05, 0.1) is 6.54 Å². The fourth-order valence-electron chi connectivity index (χ4n) is 1.42. The first kappa shape index (κ1) is 11.8. The zero-order valence-corrected chi connectivity index (χ0v) is 10.1. The van der Waals surface area contributed by atoms with Crippen LogP contribution in [0.15, 0.2) is 12.1 Å². The predicted molar refractivity (Wildman–Crippen MR) is 66.1 cm³/mol. The van der Waals surface area contributed by atoms with E-state index >= 15 is 0 Å². The van der Waals surface area contributed by atoms with Crippen LogP contribution in [0.3, 0.4) is 0 Å². The number of rotatable bonds is 2. The van der Waals surface area contributed by atoms with E-state index < -0.39 is 0 Å². The van der Waals surface area contributed by atoms with Crippen molar-refractivity contribution >= 4 is 0 Å². The van der Waals surface area contributed by atoms with Gasteiger partial charge in [0.1, 0.15) is 0 Å². The van der Waals surface area contributed by atoms with Crippen LogP contribution in [-0.4, -0.2) is 13.1 Å². The number of hydrogen-bond donors (Lipinski definition) is 1. The third-order valence-corrected chi connectivity index (χ3v) is 2.53. The van der Waals surface area contributed by atoms with E-state index in [0.717, 1.165) is 18.7 Å². The highest BCUT2D eigenvalue weighted by Crippen LogP contribution is 2.13. The first-order chi connectivity index (χ1) is 7.15. The summed E-state index contributed by atoms with van der Waals surface area (Å²) < 4.78 is 0. The van der Waals surface area contributed by atoms with Crippen LogP contribution in [0.2, 0.25) is 0 Å². The van der Waals surface area contributed by atoms with Crippen molar-refractivity contribution in [3.05, 3.63) is 34.4 Å². The van der Waals surface area contributed by atoms with Gasteiger partial charge in [0, 0.05) is 5.56 Å². The normalized spacial score (nSPS) is 9.60. The van der Waals surface area contributed by atoms with Gasteiger partial charge >= 0.3 is 0 Å². The Bertz CT molecular complexity index is 394. The van der Waals surface area contributed by atoms with Gasteiger partial charge in [0.15, 0.2) is 0 Å². The van der Waals surface area contributed by atoms with E-state index in [1.807, 2.05) is 0 Å². The summed E-state index contributed by atoms with van der Waals surface area (Å²) in [6, 6.07) is 4.37. The minimum atomic E-state index is 0.767. The third kappa shape index (κ3) is 3.42. The lowest BCUT2D eigenvalue weighted by molar-refractivity contribution is 0.811. The van der Waals surface area contributed by atoms with Crippen LogP contribution in [0.25, 0.3) is 0 Å². The molecule has 0 aliphatic carbocycles. The van der Waals surface area contributed by atoms with Crippen LogP contribution in [0.5, 0.6) is 0 Å². The molecule has 15 heavy (non-hydrogen) atoms. The minimum absolute atomic E-state index is 0.767. The first-order valence-corrected chi connectivity index (χ1v) is 5.42. The minimum Gasteiger partial charge on any atom is -0.306 e. The maximum absolute atomic E-state index is 3.20. The molecule has 0 atom stereocenters. The van der Waals surface area contributed by atoms with Gasteiger partial charge in [-0.2, -0.15) is 0 Å². The summed E-state index contributed by atoms with van der Waals surface area (Å²) in [6.45, 7) is 10.2. The molecule has 0 aliphatic heterocycles. The average molecular weight is 201 g/mol. The van der Waals surface area contributed by atoms with Crippen LogP contribution in [-0.2, 0) is 0 Å². The Labute approximate surface area is 92.9 Å². The lowest BCUT2D eigenvalue weighted by Gasteiger charge is -2.04. The van der Waals surface area contributed by atoms with Gasteiger partial charge in [-0.3, -0.25) is 0 Å². The highest BCUT2D eigenvalue weighted by molar-refractivity contribution is 5.46. The molecule has 0 unspecified atom stereocenters. The average Bonchev–Trinajstić information content (AvgIpc) is 2.20. The van der Waals surface area contributed by atoms with Crippen LogP contribution >= 0.6 is 0 Å².